The molecule has 2 bridgehead atoms. The van der Waals surface area contributed by atoms with Crippen molar-refractivity contribution in [3.05, 3.63) is 35.4 Å². The van der Waals surface area contributed by atoms with Crippen LogP contribution in [0.4, 0.5) is 0 Å². The summed E-state index contributed by atoms with van der Waals surface area (Å²) in [4.78, 5) is 0. The Morgan fingerprint density at radius 1 is 0.933 bits per heavy atom. The predicted octanol–water partition coefficient (Wildman–Crippen LogP) is 3.53. The zero-order valence-electron chi connectivity index (χ0n) is 8.84. The molecule has 5 heteroatoms. The van der Waals surface area contributed by atoms with Crippen molar-refractivity contribution >= 4 is 14.7 Å². The highest BCUT2D eigenvalue weighted by Crippen LogP contribution is 2.63. The van der Waals surface area contributed by atoms with E-state index in [1.54, 1.807) is 13.3 Å². The van der Waals surface area contributed by atoms with Crippen LogP contribution in [0.1, 0.15) is 11.1 Å². The van der Waals surface area contributed by atoms with E-state index in [4.69, 9.17) is 4.31 Å². The van der Waals surface area contributed by atoms with Gasteiger partial charge in [-0.15, -0.1) is 0 Å². The standard InChI is InChI=1S/C10H14O3P2/c1-14(11)7-9-3-5-10(6-4-9)8-15(2,12)13-14/h3-6H,7-8H2,1-2H3. The minimum Gasteiger partial charge on any atom is -0.293 e. The monoisotopic (exact) mass is 244 g/mol. The van der Waals surface area contributed by atoms with Gasteiger partial charge in [-0.1, -0.05) is 24.3 Å². The van der Waals surface area contributed by atoms with Gasteiger partial charge < -0.3 is 0 Å². The normalized spacial score (nSPS) is 35.6. The largest absolute Gasteiger partial charge is 0.293 e. The van der Waals surface area contributed by atoms with Crippen molar-refractivity contribution in [2.75, 3.05) is 13.3 Å². The zero-order chi connectivity index (χ0) is 11.1. The second-order valence-corrected chi connectivity index (χ2v) is 9.58. The number of benzene rings is 1. The van der Waals surface area contributed by atoms with Gasteiger partial charge in [0.15, 0.2) is 0 Å². The SMILES string of the molecule is CP1(=O)Cc2ccc(cc2)CP(C)(=O)O1. The summed E-state index contributed by atoms with van der Waals surface area (Å²) in [7, 11) is -5.54. The van der Waals surface area contributed by atoms with Crippen LogP contribution in [-0.4, -0.2) is 13.3 Å². The van der Waals surface area contributed by atoms with E-state index >= 15 is 0 Å². The summed E-state index contributed by atoms with van der Waals surface area (Å²) in [6.07, 6.45) is 0.732. The Labute approximate surface area is 89.8 Å². The lowest BCUT2D eigenvalue weighted by Crippen LogP contribution is -1.91. The van der Waals surface area contributed by atoms with Crippen molar-refractivity contribution in [2.24, 2.45) is 0 Å². The molecule has 2 heterocycles. The number of fused-ring (bicyclic) bond motifs is 6. The summed E-state index contributed by atoms with van der Waals surface area (Å²) in [6.45, 7) is 3.11. The fourth-order valence-corrected chi connectivity index (χ4v) is 6.97. The van der Waals surface area contributed by atoms with Gasteiger partial charge in [0.1, 0.15) is 0 Å². The van der Waals surface area contributed by atoms with E-state index in [1.165, 1.54) is 0 Å². The second kappa shape index (κ2) is 3.59. The zero-order valence-corrected chi connectivity index (χ0v) is 10.6. The van der Waals surface area contributed by atoms with Gasteiger partial charge >= 0.3 is 0 Å². The quantitative estimate of drug-likeness (QED) is 0.655. The average molecular weight is 244 g/mol. The predicted molar refractivity (Wildman–Crippen MR) is 62.0 cm³/mol. The summed E-state index contributed by atoms with van der Waals surface area (Å²) >= 11 is 0. The van der Waals surface area contributed by atoms with Crippen molar-refractivity contribution in [3.63, 3.8) is 0 Å². The van der Waals surface area contributed by atoms with E-state index in [9.17, 15) is 9.13 Å². The molecule has 0 fully saturated rings. The molecular formula is C10H14O3P2. The maximum Gasteiger partial charge on any atom is 0.210 e. The average Bonchev–Trinajstić information content (AvgIpc) is 2.10. The van der Waals surface area contributed by atoms with Crippen LogP contribution < -0.4 is 0 Å². The van der Waals surface area contributed by atoms with Crippen molar-refractivity contribution in [3.8, 4) is 0 Å². The molecule has 2 atom stereocenters. The van der Waals surface area contributed by atoms with Crippen LogP contribution in [0, 0.1) is 0 Å². The molecule has 0 N–H and O–H groups in total. The van der Waals surface area contributed by atoms with Gasteiger partial charge in [-0.3, -0.25) is 13.4 Å². The van der Waals surface area contributed by atoms with E-state index in [0.29, 0.717) is 12.3 Å². The van der Waals surface area contributed by atoms with Gasteiger partial charge in [0.25, 0.3) is 0 Å². The van der Waals surface area contributed by atoms with Gasteiger partial charge in [-0.05, 0) is 11.1 Å². The highest BCUT2D eigenvalue weighted by Gasteiger charge is 2.29. The molecule has 0 saturated heterocycles. The fourth-order valence-electron chi connectivity index (χ4n) is 1.84. The maximum atomic E-state index is 12.1. The van der Waals surface area contributed by atoms with E-state index in [2.05, 4.69) is 0 Å². The molecule has 0 amide bonds. The molecule has 0 radical (unpaired) electrons. The molecule has 2 aliphatic rings. The van der Waals surface area contributed by atoms with E-state index in [-0.39, 0.29) is 0 Å². The summed E-state index contributed by atoms with van der Waals surface area (Å²) in [5.41, 5.74) is 1.96. The topological polar surface area (TPSA) is 43.4 Å². The summed E-state index contributed by atoms with van der Waals surface area (Å²) in [6, 6.07) is 7.72. The van der Waals surface area contributed by atoms with Gasteiger partial charge in [-0.2, -0.15) is 0 Å². The number of hydrogen-bond acceptors (Lipinski definition) is 3. The Morgan fingerprint density at radius 2 is 1.27 bits per heavy atom. The van der Waals surface area contributed by atoms with Crippen LogP contribution in [0.15, 0.2) is 24.3 Å². The van der Waals surface area contributed by atoms with Crippen molar-refractivity contribution < 1.29 is 13.4 Å². The third-order valence-electron chi connectivity index (χ3n) is 2.31. The minimum absolute atomic E-state index is 0.366. The van der Waals surface area contributed by atoms with Crippen molar-refractivity contribution in [1.82, 2.24) is 0 Å². The Balaban J connectivity index is 2.49. The lowest BCUT2D eigenvalue weighted by Gasteiger charge is -2.17. The maximum absolute atomic E-state index is 12.1. The fraction of sp³-hybridized carbons (Fsp3) is 0.400. The highest BCUT2D eigenvalue weighted by atomic mass is 31.2. The Morgan fingerprint density at radius 3 is 1.60 bits per heavy atom. The summed E-state index contributed by atoms with van der Waals surface area (Å²) < 4.78 is 29.5. The first-order chi connectivity index (χ1) is 6.86. The van der Waals surface area contributed by atoms with E-state index in [1.807, 2.05) is 24.3 Å². The van der Waals surface area contributed by atoms with Crippen LogP contribution in [-0.2, 0) is 25.8 Å². The first-order valence-electron chi connectivity index (χ1n) is 4.79. The molecule has 2 aliphatic heterocycles. The van der Waals surface area contributed by atoms with Gasteiger partial charge in [-0.25, -0.2) is 0 Å². The van der Waals surface area contributed by atoms with Crippen molar-refractivity contribution in [2.45, 2.75) is 12.3 Å². The molecule has 1 aromatic carbocycles. The highest BCUT2D eigenvalue weighted by molar-refractivity contribution is 7.70. The summed E-state index contributed by atoms with van der Waals surface area (Å²) in [5.74, 6) is 0. The minimum atomic E-state index is -2.77. The van der Waals surface area contributed by atoms with Crippen LogP contribution in [0.25, 0.3) is 0 Å². The third kappa shape index (κ3) is 2.81. The first kappa shape index (κ1) is 11.1. The second-order valence-electron chi connectivity index (χ2n) is 4.24. The lowest BCUT2D eigenvalue weighted by molar-refractivity contribution is 0.463. The van der Waals surface area contributed by atoms with Crippen molar-refractivity contribution in [1.29, 1.82) is 0 Å². The molecule has 2 unspecified atom stereocenters. The van der Waals surface area contributed by atoms with Gasteiger partial charge in [0.2, 0.25) is 14.7 Å². The molecule has 3 nitrogen and oxygen atoms in total. The Bertz CT molecular complexity index is 421. The molecule has 0 saturated carbocycles. The smallest absolute Gasteiger partial charge is 0.210 e. The molecular weight excluding hydrogens is 230 g/mol. The third-order valence-corrected chi connectivity index (χ3v) is 6.95. The molecule has 82 valence electrons. The van der Waals surface area contributed by atoms with Crippen LogP contribution in [0.2, 0.25) is 0 Å². The lowest BCUT2D eigenvalue weighted by atomic mass is 10.2. The Hall–Kier alpha value is -0.360. The first-order valence-corrected chi connectivity index (χ1v) is 9.30. The number of hydrogen-bond donors (Lipinski definition) is 0. The van der Waals surface area contributed by atoms with Gasteiger partial charge in [0, 0.05) is 25.7 Å². The molecule has 15 heavy (non-hydrogen) atoms. The molecule has 1 aromatic rings. The molecule has 0 aliphatic carbocycles. The molecule has 0 aromatic heterocycles. The number of rotatable bonds is 0. The van der Waals surface area contributed by atoms with E-state index in [0.717, 1.165) is 11.1 Å². The molecule has 0 spiro atoms. The van der Waals surface area contributed by atoms with Crippen LogP contribution >= 0.6 is 14.7 Å². The van der Waals surface area contributed by atoms with Crippen LogP contribution in [0.3, 0.4) is 0 Å². The van der Waals surface area contributed by atoms with Gasteiger partial charge in [0.05, 0.1) is 0 Å². The molecule has 3 rings (SSSR count). The van der Waals surface area contributed by atoms with Crippen LogP contribution in [0.5, 0.6) is 0 Å². The summed E-state index contributed by atoms with van der Waals surface area (Å²) in [5, 5.41) is 0. The Kier molecular flexibility index (Phi) is 2.66. The van der Waals surface area contributed by atoms with E-state index < -0.39 is 14.7 Å².